The van der Waals surface area contributed by atoms with Crippen molar-refractivity contribution in [3.63, 3.8) is 0 Å². The van der Waals surface area contributed by atoms with E-state index in [0.717, 1.165) is 36.4 Å². The molecule has 0 saturated carbocycles. The number of ether oxygens (including phenoxy) is 4. The van der Waals surface area contributed by atoms with Crippen LogP contribution in [0.5, 0.6) is 5.75 Å². The Hall–Kier alpha value is -2.89. The first-order chi connectivity index (χ1) is 23.1. The number of amides is 1. The fourth-order valence-electron chi connectivity index (χ4n) is 7.40. The maximum Gasteiger partial charge on any atom is 0.264 e. The van der Waals surface area contributed by atoms with Gasteiger partial charge in [-0.15, -0.1) is 0 Å². The van der Waals surface area contributed by atoms with Gasteiger partial charge in [0, 0.05) is 42.1 Å². The van der Waals surface area contributed by atoms with Crippen LogP contribution in [0, 0.1) is 11.8 Å². The van der Waals surface area contributed by atoms with Crippen LogP contribution in [0.1, 0.15) is 61.0 Å². The molecule has 2 aromatic carbocycles. The number of halogens is 1. The van der Waals surface area contributed by atoms with Gasteiger partial charge in [0.25, 0.3) is 5.91 Å². The van der Waals surface area contributed by atoms with Gasteiger partial charge in [-0.2, -0.15) is 0 Å². The Bertz CT molecular complexity index is 1660. The van der Waals surface area contributed by atoms with E-state index in [1.54, 1.807) is 32.2 Å². The topological polar surface area (TPSA) is 103 Å². The van der Waals surface area contributed by atoms with Crippen LogP contribution in [0.25, 0.3) is 0 Å². The Morgan fingerprint density at radius 1 is 1.08 bits per heavy atom. The van der Waals surface area contributed by atoms with Crippen LogP contribution in [0.3, 0.4) is 0 Å². The average Bonchev–Trinajstić information content (AvgIpc) is 3.20. The fraction of sp³-hybridized carbons (Fsp3) is 0.541. The van der Waals surface area contributed by atoms with Gasteiger partial charge in [-0.05, 0) is 92.0 Å². The van der Waals surface area contributed by atoms with Crippen molar-refractivity contribution in [2.75, 3.05) is 58.1 Å². The van der Waals surface area contributed by atoms with Crippen molar-refractivity contribution in [2.24, 2.45) is 11.8 Å². The lowest BCUT2D eigenvalue weighted by molar-refractivity contribution is -0.00671. The number of carbonyl (C=O) groups is 1. The minimum atomic E-state index is -3.94. The minimum Gasteiger partial charge on any atom is -0.490 e. The molecule has 0 unspecified atom stereocenters. The Labute approximate surface area is 289 Å². The second-order valence-corrected chi connectivity index (χ2v) is 16.1. The highest BCUT2D eigenvalue weighted by Crippen LogP contribution is 2.46. The molecule has 1 spiro atoms. The average molecular weight is 699 g/mol. The molecule has 1 amide bonds. The molecule has 2 aromatic rings. The Kier molecular flexibility index (Phi) is 10.9. The normalized spacial score (nSPS) is 29.0. The van der Waals surface area contributed by atoms with E-state index in [0.29, 0.717) is 58.3 Å². The maximum atomic E-state index is 13.5. The molecule has 1 N–H and O–H groups in total. The number of hydrogen-bond donors (Lipinski definition) is 1. The number of aryl methyl sites for hydroxylation is 1. The van der Waals surface area contributed by atoms with Crippen LogP contribution < -0.4 is 14.4 Å². The number of nitrogens with zero attached hydrogens (tertiary/aromatic N) is 1. The molecule has 2 bridgehead atoms. The van der Waals surface area contributed by atoms with Gasteiger partial charge in [-0.25, -0.2) is 13.1 Å². The predicted molar refractivity (Wildman–Crippen MR) is 188 cm³/mol. The summed E-state index contributed by atoms with van der Waals surface area (Å²) in [6.45, 7) is 7.24. The van der Waals surface area contributed by atoms with E-state index < -0.39 is 21.2 Å². The molecular formula is C37H47ClN2O7S. The number of nitrogens with one attached hydrogen (secondary N) is 1. The van der Waals surface area contributed by atoms with E-state index in [2.05, 4.69) is 33.9 Å². The van der Waals surface area contributed by atoms with E-state index in [1.165, 1.54) is 16.7 Å². The number of sulfonamides is 1. The monoisotopic (exact) mass is 698 g/mol. The summed E-state index contributed by atoms with van der Waals surface area (Å²) in [5.41, 5.74) is 4.53. The molecule has 48 heavy (non-hydrogen) atoms. The smallest absolute Gasteiger partial charge is 0.264 e. The second-order valence-electron chi connectivity index (χ2n) is 13.6. The molecule has 4 aliphatic rings. The zero-order valence-electron chi connectivity index (χ0n) is 28.1. The number of fused-ring (bicyclic) bond motifs is 4. The summed E-state index contributed by atoms with van der Waals surface area (Å²) >= 11 is 6.44. The van der Waals surface area contributed by atoms with Crippen molar-refractivity contribution < 1.29 is 32.2 Å². The number of benzene rings is 2. The molecule has 9 nitrogen and oxygen atoms in total. The molecule has 5 atom stereocenters. The highest BCUT2D eigenvalue weighted by atomic mass is 35.5. The van der Waals surface area contributed by atoms with E-state index in [9.17, 15) is 13.2 Å². The number of allylic oxidation sites excluding steroid dienone is 2. The summed E-state index contributed by atoms with van der Waals surface area (Å²) in [5.74, 6) is -0.0443. The van der Waals surface area contributed by atoms with Gasteiger partial charge in [0.1, 0.15) is 5.75 Å². The van der Waals surface area contributed by atoms with Crippen LogP contribution in [-0.2, 0) is 36.1 Å². The molecular weight excluding hydrogens is 652 g/mol. The maximum absolute atomic E-state index is 13.5. The van der Waals surface area contributed by atoms with Crippen molar-refractivity contribution in [1.82, 2.24) is 4.72 Å². The Balaban J connectivity index is 1.36. The summed E-state index contributed by atoms with van der Waals surface area (Å²) < 4.78 is 52.9. The molecule has 260 valence electrons. The molecule has 2 heterocycles. The van der Waals surface area contributed by atoms with Crippen molar-refractivity contribution >= 4 is 33.2 Å². The Morgan fingerprint density at radius 2 is 1.92 bits per heavy atom. The number of carbonyl (C=O) groups excluding carboxylic acids is 1. The lowest BCUT2D eigenvalue weighted by Gasteiger charge is -2.42. The lowest BCUT2D eigenvalue weighted by atomic mass is 9.70. The molecule has 0 radical (unpaired) electrons. The van der Waals surface area contributed by atoms with E-state index >= 15 is 0 Å². The molecule has 0 aromatic heterocycles. The van der Waals surface area contributed by atoms with Crippen LogP contribution >= 0.6 is 11.6 Å². The molecule has 6 rings (SSSR count). The number of rotatable bonds is 7. The van der Waals surface area contributed by atoms with Gasteiger partial charge in [0.05, 0.1) is 50.1 Å². The second kappa shape index (κ2) is 14.9. The summed E-state index contributed by atoms with van der Waals surface area (Å²) in [5, 5.41) is -0.0549. The third kappa shape index (κ3) is 7.48. The summed E-state index contributed by atoms with van der Waals surface area (Å²) in [6, 6.07) is 11.4. The standard InChI is InChI=1S/C37H47ClN2O7S/c1-25-6-4-8-34(46-19-18-45-17-16-44-3)31-12-9-29(31)22-40-23-37(15-5-7-27-20-30(38)11-13-32(27)37)24-47-35-14-10-28(21-33(35)40)36(41)39-48(42,43)26(25)2/h4,8-11,13-14,20-21,25-26,31,34H,5-7,12,15-19,22-24H2,1-3H3,(H,39,41)/b8-4+/t25-,26+,31-,34-,37-/m0/s1. The SMILES string of the molecule is COCCOCCO[C@H]1/C=C/C[C@H](C)[C@@H](C)S(=O)(=O)NC(=O)c2ccc3c(c2)N(CC2=CC[C@@H]21)C[C@@]1(CCCc2cc(Cl)ccc21)CO3. The van der Waals surface area contributed by atoms with E-state index in [4.69, 9.17) is 30.5 Å². The summed E-state index contributed by atoms with van der Waals surface area (Å²) in [6.07, 6.45) is 10.5. The largest absolute Gasteiger partial charge is 0.490 e. The highest BCUT2D eigenvalue weighted by molar-refractivity contribution is 7.90. The lowest BCUT2D eigenvalue weighted by Crippen LogP contribution is -2.47. The van der Waals surface area contributed by atoms with Crippen molar-refractivity contribution in [1.29, 1.82) is 0 Å². The summed E-state index contributed by atoms with van der Waals surface area (Å²) in [7, 11) is -2.29. The molecule has 2 aliphatic carbocycles. The van der Waals surface area contributed by atoms with Gasteiger partial charge < -0.3 is 23.8 Å². The van der Waals surface area contributed by atoms with Crippen molar-refractivity contribution in [2.45, 2.75) is 62.7 Å². The fourth-order valence-corrected chi connectivity index (χ4v) is 8.88. The van der Waals surface area contributed by atoms with Crippen LogP contribution in [-0.4, -0.2) is 78.9 Å². The highest BCUT2D eigenvalue weighted by Gasteiger charge is 2.43. The van der Waals surface area contributed by atoms with Crippen LogP contribution in [0.15, 0.2) is 60.2 Å². The van der Waals surface area contributed by atoms with Crippen molar-refractivity contribution in [3.8, 4) is 5.75 Å². The first-order valence-corrected chi connectivity index (χ1v) is 18.9. The zero-order valence-corrected chi connectivity index (χ0v) is 29.7. The van der Waals surface area contributed by atoms with Gasteiger partial charge in [-0.3, -0.25) is 4.79 Å². The Morgan fingerprint density at radius 3 is 2.71 bits per heavy atom. The van der Waals surface area contributed by atoms with Crippen LogP contribution in [0.4, 0.5) is 5.69 Å². The summed E-state index contributed by atoms with van der Waals surface area (Å²) in [4.78, 5) is 15.8. The molecule has 0 saturated heterocycles. The first kappa shape index (κ1) is 35.0. The van der Waals surface area contributed by atoms with E-state index in [1.807, 2.05) is 19.1 Å². The van der Waals surface area contributed by atoms with Crippen molar-refractivity contribution in [3.05, 3.63) is 81.9 Å². The van der Waals surface area contributed by atoms with Gasteiger partial charge >= 0.3 is 0 Å². The zero-order chi connectivity index (χ0) is 33.9. The predicted octanol–water partition coefficient (Wildman–Crippen LogP) is 5.85. The van der Waals surface area contributed by atoms with Gasteiger partial charge in [-0.1, -0.05) is 42.8 Å². The quantitative estimate of drug-likeness (QED) is 0.284. The van der Waals surface area contributed by atoms with Gasteiger partial charge in [0.2, 0.25) is 10.0 Å². The third-order valence-electron chi connectivity index (χ3n) is 10.5. The number of methoxy groups -OCH3 is 1. The first-order valence-electron chi connectivity index (χ1n) is 17.0. The van der Waals surface area contributed by atoms with E-state index in [-0.39, 0.29) is 28.9 Å². The van der Waals surface area contributed by atoms with Crippen LogP contribution in [0.2, 0.25) is 5.02 Å². The number of anilines is 1. The molecule has 2 aliphatic heterocycles. The molecule has 11 heteroatoms. The minimum absolute atomic E-state index is 0.150. The molecule has 0 fully saturated rings. The number of hydrogen-bond acceptors (Lipinski definition) is 8. The third-order valence-corrected chi connectivity index (χ3v) is 12.7. The van der Waals surface area contributed by atoms with Gasteiger partial charge in [0.15, 0.2) is 0 Å².